The lowest BCUT2D eigenvalue weighted by molar-refractivity contribution is -0.142. The molecular formula is C13H14F3N2O3. The molecule has 0 saturated carbocycles. The third-order valence-corrected chi connectivity index (χ3v) is 2.58. The highest BCUT2D eigenvalue weighted by molar-refractivity contribution is 5.94. The van der Waals surface area contributed by atoms with Gasteiger partial charge < -0.3 is 16.2 Å². The third-order valence-electron chi connectivity index (χ3n) is 2.58. The van der Waals surface area contributed by atoms with Crippen LogP contribution in [0.1, 0.15) is 15.9 Å². The molecule has 1 rings (SSSR count). The maximum Gasteiger partial charge on any atom is 0.405 e. The minimum absolute atomic E-state index is 0.0136. The highest BCUT2D eigenvalue weighted by Gasteiger charge is 2.29. The third kappa shape index (κ3) is 5.82. The standard InChI is InChI=1S/C13H14F3N2O3/c14-13(15,16)7-18-12(21)10(19)6-5-8-3-1-2-4-9(8)11(17)20/h1-4,6,10,19H,5,7H2,(H2,17,20)(H,18,21)/t10-/m0/s1. The topological polar surface area (TPSA) is 92.4 Å². The van der Waals surface area contributed by atoms with Crippen molar-refractivity contribution >= 4 is 11.8 Å². The lowest BCUT2D eigenvalue weighted by atomic mass is 10.0. The van der Waals surface area contributed by atoms with Gasteiger partial charge >= 0.3 is 6.18 Å². The number of benzene rings is 1. The van der Waals surface area contributed by atoms with Gasteiger partial charge in [0.15, 0.2) is 0 Å². The molecular weight excluding hydrogens is 289 g/mol. The molecule has 1 aromatic rings. The van der Waals surface area contributed by atoms with E-state index in [4.69, 9.17) is 5.73 Å². The Bertz CT molecular complexity index is 518. The first-order valence-corrected chi connectivity index (χ1v) is 5.94. The molecule has 0 spiro atoms. The first kappa shape index (κ1) is 17.0. The van der Waals surface area contributed by atoms with Crippen LogP contribution in [-0.4, -0.2) is 35.7 Å². The quantitative estimate of drug-likeness (QED) is 0.717. The van der Waals surface area contributed by atoms with E-state index in [1.54, 1.807) is 23.5 Å². The molecule has 0 heterocycles. The van der Waals surface area contributed by atoms with Gasteiger partial charge in [-0.25, -0.2) is 0 Å². The zero-order valence-corrected chi connectivity index (χ0v) is 10.9. The predicted octanol–water partition coefficient (Wildman–Crippen LogP) is 0.572. The summed E-state index contributed by atoms with van der Waals surface area (Å²) in [4.78, 5) is 22.4. The van der Waals surface area contributed by atoms with Gasteiger partial charge in [-0.1, -0.05) is 18.2 Å². The fourth-order valence-corrected chi connectivity index (χ4v) is 1.58. The number of aliphatic hydroxyl groups excluding tert-OH is 1. The van der Waals surface area contributed by atoms with E-state index < -0.39 is 30.6 Å². The monoisotopic (exact) mass is 303 g/mol. The van der Waals surface area contributed by atoms with Crippen molar-refractivity contribution in [1.29, 1.82) is 0 Å². The SMILES string of the molecule is NC(=O)c1ccccc1C[CH][C@H](O)C(=O)NCC(F)(F)F. The van der Waals surface area contributed by atoms with Gasteiger partial charge in [-0.3, -0.25) is 9.59 Å². The number of carbonyl (C=O) groups is 2. The van der Waals surface area contributed by atoms with Gasteiger partial charge in [0.05, 0.1) is 0 Å². The summed E-state index contributed by atoms with van der Waals surface area (Å²) in [5, 5.41) is 11.0. The molecule has 0 fully saturated rings. The van der Waals surface area contributed by atoms with E-state index in [1.165, 1.54) is 6.07 Å². The summed E-state index contributed by atoms with van der Waals surface area (Å²) >= 11 is 0. The summed E-state index contributed by atoms with van der Waals surface area (Å²) < 4.78 is 35.7. The second-order valence-electron chi connectivity index (χ2n) is 4.24. The van der Waals surface area contributed by atoms with Crippen molar-refractivity contribution in [3.63, 3.8) is 0 Å². The summed E-state index contributed by atoms with van der Waals surface area (Å²) in [5.74, 6) is -1.83. The lowest BCUT2D eigenvalue weighted by Gasteiger charge is -2.13. The van der Waals surface area contributed by atoms with E-state index in [0.717, 1.165) is 6.42 Å². The van der Waals surface area contributed by atoms with E-state index >= 15 is 0 Å². The average molecular weight is 303 g/mol. The molecule has 115 valence electrons. The lowest BCUT2D eigenvalue weighted by Crippen LogP contribution is -2.40. The molecule has 1 atom stereocenters. The van der Waals surface area contributed by atoms with Crippen LogP contribution < -0.4 is 11.1 Å². The number of hydrogen-bond donors (Lipinski definition) is 3. The Morgan fingerprint density at radius 2 is 1.95 bits per heavy atom. The number of hydrogen-bond acceptors (Lipinski definition) is 3. The van der Waals surface area contributed by atoms with Gasteiger partial charge in [0, 0.05) is 12.0 Å². The van der Waals surface area contributed by atoms with E-state index in [9.17, 15) is 27.9 Å². The number of aliphatic hydroxyl groups is 1. The van der Waals surface area contributed by atoms with E-state index in [-0.39, 0.29) is 12.0 Å². The van der Waals surface area contributed by atoms with Gasteiger partial charge in [0.25, 0.3) is 0 Å². The molecule has 0 aliphatic carbocycles. The normalized spacial score (nSPS) is 12.8. The van der Waals surface area contributed by atoms with Crippen molar-refractivity contribution in [3.05, 3.63) is 41.8 Å². The highest BCUT2D eigenvalue weighted by Crippen LogP contribution is 2.13. The van der Waals surface area contributed by atoms with Crippen LogP contribution in [-0.2, 0) is 11.2 Å². The van der Waals surface area contributed by atoms with Crippen LogP contribution in [0.2, 0.25) is 0 Å². The molecule has 4 N–H and O–H groups in total. The Morgan fingerprint density at radius 1 is 1.33 bits per heavy atom. The Balaban J connectivity index is 2.55. The molecule has 21 heavy (non-hydrogen) atoms. The van der Waals surface area contributed by atoms with Crippen molar-refractivity contribution in [2.45, 2.75) is 18.7 Å². The van der Waals surface area contributed by atoms with Crippen LogP contribution in [0.4, 0.5) is 13.2 Å². The fraction of sp³-hybridized carbons (Fsp3) is 0.308. The van der Waals surface area contributed by atoms with Gasteiger partial charge in [-0.15, -0.1) is 0 Å². The number of rotatable bonds is 6. The number of nitrogens with two attached hydrogens (primary N) is 1. The zero-order valence-electron chi connectivity index (χ0n) is 10.9. The minimum atomic E-state index is -4.55. The maximum absolute atomic E-state index is 11.9. The summed E-state index contributed by atoms with van der Waals surface area (Å²) in [7, 11) is 0. The smallest absolute Gasteiger partial charge is 0.383 e. The van der Waals surface area contributed by atoms with Crippen molar-refractivity contribution in [1.82, 2.24) is 5.32 Å². The summed E-state index contributed by atoms with van der Waals surface area (Å²) in [6.45, 7) is -1.52. The van der Waals surface area contributed by atoms with Crippen LogP contribution in [0.3, 0.4) is 0 Å². The number of alkyl halides is 3. The van der Waals surface area contributed by atoms with Crippen molar-refractivity contribution in [2.75, 3.05) is 6.54 Å². The number of nitrogens with one attached hydrogen (secondary N) is 1. The molecule has 0 saturated heterocycles. The molecule has 0 aliphatic rings. The molecule has 5 nitrogen and oxygen atoms in total. The summed E-state index contributed by atoms with van der Waals surface area (Å²) in [6.07, 6.45) is -5.16. The molecule has 0 unspecified atom stereocenters. The molecule has 1 radical (unpaired) electrons. The van der Waals surface area contributed by atoms with E-state index in [1.807, 2.05) is 0 Å². The Morgan fingerprint density at radius 3 is 2.52 bits per heavy atom. The average Bonchev–Trinajstić information content (AvgIpc) is 2.41. The second-order valence-corrected chi connectivity index (χ2v) is 4.24. The van der Waals surface area contributed by atoms with Crippen LogP contribution in [0.5, 0.6) is 0 Å². The second kappa shape index (κ2) is 7.07. The molecule has 8 heteroatoms. The fourth-order valence-electron chi connectivity index (χ4n) is 1.58. The van der Waals surface area contributed by atoms with Gasteiger partial charge in [-0.2, -0.15) is 13.2 Å². The van der Waals surface area contributed by atoms with Crippen LogP contribution in [0.25, 0.3) is 0 Å². The van der Waals surface area contributed by atoms with Crippen LogP contribution >= 0.6 is 0 Å². The Kier molecular flexibility index (Phi) is 5.71. The minimum Gasteiger partial charge on any atom is -0.383 e. The molecule has 0 bridgehead atoms. The molecule has 2 amide bonds. The first-order valence-electron chi connectivity index (χ1n) is 5.94. The number of carbonyl (C=O) groups excluding carboxylic acids is 2. The molecule has 0 aliphatic heterocycles. The predicted molar refractivity (Wildman–Crippen MR) is 68.0 cm³/mol. The van der Waals surface area contributed by atoms with Crippen LogP contribution in [0, 0.1) is 6.42 Å². The van der Waals surface area contributed by atoms with Crippen molar-refractivity contribution in [2.24, 2.45) is 5.73 Å². The van der Waals surface area contributed by atoms with E-state index in [2.05, 4.69) is 0 Å². The Labute approximate surface area is 118 Å². The van der Waals surface area contributed by atoms with Gasteiger partial charge in [-0.05, 0) is 18.1 Å². The van der Waals surface area contributed by atoms with Crippen LogP contribution in [0.15, 0.2) is 24.3 Å². The molecule has 1 aromatic carbocycles. The number of primary amides is 1. The largest absolute Gasteiger partial charge is 0.405 e. The summed E-state index contributed by atoms with van der Waals surface area (Å²) in [5.41, 5.74) is 5.84. The van der Waals surface area contributed by atoms with Gasteiger partial charge in [0.1, 0.15) is 12.6 Å². The van der Waals surface area contributed by atoms with Crippen molar-refractivity contribution < 1.29 is 27.9 Å². The number of amides is 2. The number of halogens is 3. The Hall–Kier alpha value is -2.09. The highest BCUT2D eigenvalue weighted by atomic mass is 19.4. The van der Waals surface area contributed by atoms with E-state index in [0.29, 0.717) is 5.56 Å². The van der Waals surface area contributed by atoms with Crippen molar-refractivity contribution in [3.8, 4) is 0 Å². The summed E-state index contributed by atoms with van der Waals surface area (Å²) in [6, 6.07) is 6.26. The van der Waals surface area contributed by atoms with Gasteiger partial charge in [0.2, 0.25) is 11.8 Å². The molecule has 0 aromatic heterocycles. The first-order chi connectivity index (χ1) is 9.70. The zero-order chi connectivity index (χ0) is 16.0. The maximum atomic E-state index is 11.9.